The van der Waals surface area contributed by atoms with Crippen molar-refractivity contribution >= 4 is 35.0 Å². The maximum Gasteiger partial charge on any atom is 0.416 e. The highest BCUT2D eigenvalue weighted by molar-refractivity contribution is 7.98. The number of rotatable bonds is 11. The lowest BCUT2D eigenvalue weighted by Gasteiger charge is -2.37. The number of thioether (sulfide) groups is 1. The van der Waals surface area contributed by atoms with Gasteiger partial charge in [0.15, 0.2) is 6.10 Å². The summed E-state index contributed by atoms with van der Waals surface area (Å²) in [5, 5.41) is 0.684. The molecule has 254 valence electrons. The molecule has 2 aromatic carbocycles. The SMILES string of the molecule is CCOC(=O)C(C)Oc1ccc(SCc2sc(-c3ccc(C(F)(F)F)cc3)nc2CN2CCN(C(=O)C3CCCCC3)CC2)cc1C. The average Bonchev–Trinajstić information content (AvgIpc) is 3.47. The second kappa shape index (κ2) is 15.9. The number of esters is 1. The molecule has 2 heterocycles. The predicted octanol–water partition coefficient (Wildman–Crippen LogP) is 7.98. The number of nitrogens with zero attached hydrogens (tertiary/aromatic N) is 3. The number of carbonyl (C=O) groups is 2. The van der Waals surface area contributed by atoms with E-state index in [2.05, 4.69) is 4.90 Å². The first-order valence-corrected chi connectivity index (χ1v) is 18.1. The number of alkyl halides is 3. The Bertz CT molecular complexity index is 1520. The highest BCUT2D eigenvalue weighted by Crippen LogP contribution is 2.37. The summed E-state index contributed by atoms with van der Waals surface area (Å²) >= 11 is 3.14. The van der Waals surface area contributed by atoms with Crippen molar-refractivity contribution in [2.45, 2.75) is 82.3 Å². The number of aromatic nitrogens is 1. The van der Waals surface area contributed by atoms with E-state index in [1.54, 1.807) is 25.6 Å². The largest absolute Gasteiger partial charge is 0.479 e. The van der Waals surface area contributed by atoms with E-state index in [0.29, 0.717) is 47.6 Å². The molecule has 47 heavy (non-hydrogen) atoms. The van der Waals surface area contributed by atoms with Crippen molar-refractivity contribution in [2.24, 2.45) is 5.92 Å². The van der Waals surface area contributed by atoms with Gasteiger partial charge in [-0.3, -0.25) is 9.69 Å². The van der Waals surface area contributed by atoms with Crippen LogP contribution < -0.4 is 4.74 Å². The first-order valence-electron chi connectivity index (χ1n) is 16.3. The lowest BCUT2D eigenvalue weighted by atomic mass is 9.88. The molecule has 0 radical (unpaired) electrons. The van der Waals surface area contributed by atoms with Crippen LogP contribution in [0.25, 0.3) is 10.6 Å². The van der Waals surface area contributed by atoms with E-state index in [4.69, 9.17) is 14.5 Å². The summed E-state index contributed by atoms with van der Waals surface area (Å²) in [5.74, 6) is 1.28. The quantitative estimate of drug-likeness (QED) is 0.149. The number of aryl methyl sites for hydroxylation is 1. The standard InChI is InChI=1S/C35H42F3N3O4S2/c1-4-44-34(43)24(3)45-30-15-14-28(20-23(30)2)46-22-31-29(39-32(47-31)25-10-12-27(13-11-25)35(36,37)38)21-40-16-18-41(19-17-40)33(42)26-8-6-5-7-9-26/h10-15,20,24,26H,4-9,16-19,21-22H2,1-3H3. The monoisotopic (exact) mass is 689 g/mol. The number of carbonyl (C=O) groups excluding carboxylic acids is 2. The van der Waals surface area contributed by atoms with Crippen molar-refractivity contribution in [3.8, 4) is 16.3 Å². The minimum absolute atomic E-state index is 0.161. The molecule has 0 spiro atoms. The van der Waals surface area contributed by atoms with Crippen molar-refractivity contribution in [2.75, 3.05) is 32.8 Å². The fourth-order valence-electron chi connectivity index (χ4n) is 5.98. The third-order valence-electron chi connectivity index (χ3n) is 8.69. The van der Waals surface area contributed by atoms with Crippen LogP contribution >= 0.6 is 23.1 Å². The van der Waals surface area contributed by atoms with Crippen LogP contribution in [0.3, 0.4) is 0 Å². The van der Waals surface area contributed by atoms with E-state index in [1.165, 1.54) is 29.9 Å². The third kappa shape index (κ3) is 9.29. The summed E-state index contributed by atoms with van der Waals surface area (Å²) in [6.45, 7) is 9.13. The van der Waals surface area contributed by atoms with E-state index in [0.717, 1.165) is 71.9 Å². The smallest absolute Gasteiger partial charge is 0.416 e. The van der Waals surface area contributed by atoms with Gasteiger partial charge in [-0.15, -0.1) is 23.1 Å². The van der Waals surface area contributed by atoms with Gasteiger partial charge < -0.3 is 14.4 Å². The Morgan fingerprint density at radius 2 is 1.74 bits per heavy atom. The Labute approximate surface area is 282 Å². The summed E-state index contributed by atoms with van der Waals surface area (Å²) < 4.78 is 50.5. The number of hydrogen-bond donors (Lipinski definition) is 0. The second-order valence-electron chi connectivity index (χ2n) is 12.1. The van der Waals surface area contributed by atoms with Crippen LogP contribution in [0.15, 0.2) is 47.4 Å². The molecule has 3 aromatic rings. The van der Waals surface area contributed by atoms with E-state index < -0.39 is 23.8 Å². The molecule has 2 fully saturated rings. The zero-order valence-electron chi connectivity index (χ0n) is 27.1. The molecular weight excluding hydrogens is 648 g/mol. The van der Waals surface area contributed by atoms with Gasteiger partial charge in [0, 0.05) is 59.7 Å². The van der Waals surface area contributed by atoms with Gasteiger partial charge >= 0.3 is 12.1 Å². The number of benzene rings is 2. The zero-order chi connectivity index (χ0) is 33.6. The fourth-order valence-corrected chi connectivity index (χ4v) is 8.15. The Morgan fingerprint density at radius 3 is 2.38 bits per heavy atom. The molecule has 0 N–H and O–H groups in total. The van der Waals surface area contributed by atoms with Gasteiger partial charge in [0.25, 0.3) is 0 Å². The minimum Gasteiger partial charge on any atom is -0.479 e. The molecule has 12 heteroatoms. The Hall–Kier alpha value is -3.09. The summed E-state index contributed by atoms with van der Waals surface area (Å²) in [4.78, 5) is 36.4. The summed E-state index contributed by atoms with van der Waals surface area (Å²) in [5.41, 5.74) is 1.76. The lowest BCUT2D eigenvalue weighted by Crippen LogP contribution is -2.50. The maximum atomic E-state index is 13.2. The van der Waals surface area contributed by atoms with Gasteiger partial charge in [0.1, 0.15) is 10.8 Å². The van der Waals surface area contributed by atoms with Crippen molar-refractivity contribution < 1.29 is 32.2 Å². The van der Waals surface area contributed by atoms with E-state index >= 15 is 0 Å². The number of piperazine rings is 1. The lowest BCUT2D eigenvalue weighted by molar-refractivity contribution is -0.150. The molecule has 2 aliphatic rings. The van der Waals surface area contributed by atoms with E-state index in [-0.39, 0.29) is 12.5 Å². The van der Waals surface area contributed by atoms with Crippen LogP contribution in [0.5, 0.6) is 5.75 Å². The number of thiazole rings is 1. The summed E-state index contributed by atoms with van der Waals surface area (Å²) in [7, 11) is 0. The van der Waals surface area contributed by atoms with Crippen molar-refractivity contribution in [3.63, 3.8) is 0 Å². The van der Waals surface area contributed by atoms with Crippen LogP contribution in [-0.4, -0.2) is 65.6 Å². The molecular formula is C35H42F3N3O4S2. The van der Waals surface area contributed by atoms with Crippen LogP contribution in [-0.2, 0) is 32.8 Å². The molecule has 1 amide bonds. The molecule has 1 aliphatic heterocycles. The van der Waals surface area contributed by atoms with Crippen molar-refractivity contribution in [1.29, 1.82) is 0 Å². The average molecular weight is 690 g/mol. The molecule has 1 unspecified atom stereocenters. The third-order valence-corrected chi connectivity index (χ3v) is 11.0. The molecule has 7 nitrogen and oxygen atoms in total. The normalized spacial score (nSPS) is 17.0. The minimum atomic E-state index is -4.40. The fraction of sp³-hybridized carbons (Fsp3) is 0.514. The maximum absolute atomic E-state index is 13.2. The van der Waals surface area contributed by atoms with Crippen LogP contribution in [0, 0.1) is 12.8 Å². The molecule has 1 aliphatic carbocycles. The molecule has 1 saturated carbocycles. The number of hydrogen-bond acceptors (Lipinski definition) is 8. The molecule has 1 aromatic heterocycles. The zero-order valence-corrected chi connectivity index (χ0v) is 28.7. The number of halogens is 3. The van der Waals surface area contributed by atoms with Gasteiger partial charge in [-0.25, -0.2) is 9.78 Å². The van der Waals surface area contributed by atoms with Gasteiger partial charge in [-0.1, -0.05) is 31.4 Å². The predicted molar refractivity (Wildman–Crippen MR) is 178 cm³/mol. The van der Waals surface area contributed by atoms with Crippen LogP contribution in [0.1, 0.15) is 67.6 Å². The van der Waals surface area contributed by atoms with E-state index in [1.807, 2.05) is 30.0 Å². The van der Waals surface area contributed by atoms with Gasteiger partial charge in [0.2, 0.25) is 5.91 Å². The van der Waals surface area contributed by atoms with Crippen molar-refractivity contribution in [1.82, 2.24) is 14.8 Å². The first kappa shape index (κ1) is 35.2. The summed E-state index contributed by atoms with van der Waals surface area (Å²) in [6.07, 6.45) is 0.354. The first-order chi connectivity index (χ1) is 22.5. The number of amides is 1. The van der Waals surface area contributed by atoms with Gasteiger partial charge in [0.05, 0.1) is 17.9 Å². The van der Waals surface area contributed by atoms with Gasteiger partial charge in [-0.05, 0) is 69.5 Å². The highest BCUT2D eigenvalue weighted by Gasteiger charge is 2.31. The second-order valence-corrected chi connectivity index (χ2v) is 14.3. The van der Waals surface area contributed by atoms with Crippen molar-refractivity contribution in [3.05, 3.63) is 64.2 Å². The van der Waals surface area contributed by atoms with E-state index in [9.17, 15) is 22.8 Å². The highest BCUT2D eigenvalue weighted by atomic mass is 32.2. The molecule has 1 saturated heterocycles. The summed E-state index contributed by atoms with van der Waals surface area (Å²) in [6, 6.07) is 11.0. The Balaban J connectivity index is 1.28. The number of ether oxygens (including phenoxy) is 2. The van der Waals surface area contributed by atoms with Crippen LogP contribution in [0.4, 0.5) is 13.2 Å². The van der Waals surface area contributed by atoms with Gasteiger partial charge in [-0.2, -0.15) is 13.2 Å². The Kier molecular flexibility index (Phi) is 11.9. The Morgan fingerprint density at radius 1 is 1.04 bits per heavy atom. The van der Waals surface area contributed by atoms with Crippen LogP contribution in [0.2, 0.25) is 0 Å². The topological polar surface area (TPSA) is 72.0 Å². The molecule has 5 rings (SSSR count). The molecule has 0 bridgehead atoms. The molecule has 1 atom stereocenters.